The van der Waals surface area contributed by atoms with Gasteiger partial charge >= 0.3 is 0 Å². The Balaban J connectivity index is 2.07. The molecule has 5 nitrogen and oxygen atoms in total. The molecule has 4 aromatic rings. The molecule has 0 aliphatic rings. The summed E-state index contributed by atoms with van der Waals surface area (Å²) < 4.78 is 54.7. The summed E-state index contributed by atoms with van der Waals surface area (Å²) in [6.45, 7) is 0. The Morgan fingerprint density at radius 1 is 1.11 bits per heavy atom. The number of rotatable bonds is 3. The second-order valence-electron chi connectivity index (χ2n) is 5.77. The molecular formula is C19H9F2N3O2S2. The van der Waals surface area contributed by atoms with Crippen molar-refractivity contribution in [2.24, 2.45) is 0 Å². The first-order chi connectivity index (χ1) is 13.4. The van der Waals surface area contributed by atoms with Crippen LogP contribution in [-0.4, -0.2) is 18.4 Å². The second-order valence-corrected chi connectivity index (χ2v) is 8.91. The maximum atomic E-state index is 14.5. The molecule has 0 radical (unpaired) electrons. The van der Waals surface area contributed by atoms with Crippen LogP contribution in [0.2, 0.25) is 0 Å². The predicted molar refractivity (Wildman–Crippen MR) is 99.4 cm³/mol. The molecule has 3 heterocycles. The Morgan fingerprint density at radius 2 is 1.93 bits per heavy atom. The molecule has 0 saturated heterocycles. The fourth-order valence-corrected chi connectivity index (χ4v) is 5.91. The fourth-order valence-electron chi connectivity index (χ4n) is 2.81. The highest BCUT2D eigenvalue weighted by Gasteiger charge is 2.29. The maximum Gasteiger partial charge on any atom is 0.216 e. The van der Waals surface area contributed by atoms with Crippen molar-refractivity contribution in [1.82, 2.24) is 9.97 Å². The van der Waals surface area contributed by atoms with Crippen LogP contribution >= 0.6 is 11.3 Å². The highest BCUT2D eigenvalue weighted by atomic mass is 32.2. The van der Waals surface area contributed by atoms with Crippen molar-refractivity contribution >= 4 is 31.4 Å². The molecule has 28 heavy (non-hydrogen) atoms. The SMILES string of the molecule is N#Cc1cc(F)cc(S(=O)(=O)c2sc3ncccc3c2-c2cnccc2F)c1. The number of halogens is 2. The predicted octanol–water partition coefficient (Wildman–Crippen LogP) is 4.34. The number of aromatic nitrogens is 2. The lowest BCUT2D eigenvalue weighted by Crippen LogP contribution is -2.03. The van der Waals surface area contributed by atoms with Crippen LogP contribution < -0.4 is 0 Å². The summed E-state index contributed by atoms with van der Waals surface area (Å²) >= 11 is 0.850. The number of pyridine rings is 2. The van der Waals surface area contributed by atoms with E-state index in [1.54, 1.807) is 18.2 Å². The van der Waals surface area contributed by atoms with Crippen molar-refractivity contribution in [3.63, 3.8) is 0 Å². The van der Waals surface area contributed by atoms with Crippen molar-refractivity contribution in [3.05, 3.63) is 72.2 Å². The van der Waals surface area contributed by atoms with E-state index in [9.17, 15) is 17.2 Å². The Labute approximate surface area is 162 Å². The van der Waals surface area contributed by atoms with Crippen LogP contribution in [0.4, 0.5) is 8.78 Å². The first-order valence-corrected chi connectivity index (χ1v) is 10.1. The average Bonchev–Trinajstić information content (AvgIpc) is 3.08. The molecule has 3 aromatic heterocycles. The number of hydrogen-bond acceptors (Lipinski definition) is 6. The number of benzene rings is 1. The number of fused-ring (bicyclic) bond motifs is 1. The summed E-state index contributed by atoms with van der Waals surface area (Å²) in [6.07, 6.45) is 3.98. The summed E-state index contributed by atoms with van der Waals surface area (Å²) in [6, 6.07) is 8.95. The molecule has 0 N–H and O–H groups in total. The van der Waals surface area contributed by atoms with Gasteiger partial charge in [-0.05, 0) is 36.4 Å². The third-order valence-corrected chi connectivity index (χ3v) is 7.39. The van der Waals surface area contributed by atoms with Gasteiger partial charge in [-0.1, -0.05) is 0 Å². The summed E-state index contributed by atoms with van der Waals surface area (Å²) in [5, 5.41) is 9.47. The quantitative estimate of drug-likeness (QED) is 0.499. The zero-order chi connectivity index (χ0) is 19.9. The van der Waals surface area contributed by atoms with E-state index in [-0.39, 0.29) is 25.8 Å². The number of sulfone groups is 1. The van der Waals surface area contributed by atoms with Gasteiger partial charge < -0.3 is 0 Å². The fraction of sp³-hybridized carbons (Fsp3) is 0. The van der Waals surface area contributed by atoms with E-state index >= 15 is 0 Å². The molecule has 0 amide bonds. The third-order valence-electron chi connectivity index (χ3n) is 4.03. The van der Waals surface area contributed by atoms with Crippen molar-refractivity contribution in [1.29, 1.82) is 5.26 Å². The van der Waals surface area contributed by atoms with Crippen molar-refractivity contribution in [2.45, 2.75) is 9.10 Å². The summed E-state index contributed by atoms with van der Waals surface area (Å²) in [5.74, 6) is -1.50. The molecule has 0 aliphatic carbocycles. The molecule has 0 spiro atoms. The highest BCUT2D eigenvalue weighted by Crippen LogP contribution is 2.43. The van der Waals surface area contributed by atoms with E-state index in [1.165, 1.54) is 18.6 Å². The lowest BCUT2D eigenvalue weighted by atomic mass is 10.1. The first kappa shape index (κ1) is 18.2. The Bertz CT molecular complexity index is 1380. The molecule has 0 saturated carbocycles. The zero-order valence-corrected chi connectivity index (χ0v) is 15.6. The largest absolute Gasteiger partial charge is 0.264 e. The van der Waals surface area contributed by atoms with Crippen molar-refractivity contribution in [3.8, 4) is 17.2 Å². The summed E-state index contributed by atoms with van der Waals surface area (Å²) in [4.78, 5) is 8.05. The van der Waals surface area contributed by atoms with Crippen LogP contribution in [0.15, 0.2) is 64.1 Å². The molecule has 0 fully saturated rings. The highest BCUT2D eigenvalue weighted by molar-refractivity contribution is 7.93. The number of nitriles is 1. The Kier molecular flexibility index (Phi) is 4.37. The smallest absolute Gasteiger partial charge is 0.216 e. The van der Waals surface area contributed by atoms with Crippen LogP contribution in [-0.2, 0) is 9.84 Å². The molecule has 4 rings (SSSR count). The minimum atomic E-state index is -4.26. The molecule has 0 atom stereocenters. The van der Waals surface area contributed by atoms with Gasteiger partial charge in [0.15, 0.2) is 0 Å². The number of thiophene rings is 1. The van der Waals surface area contributed by atoms with Crippen LogP contribution in [0.3, 0.4) is 0 Å². The standard InChI is InChI=1S/C19H9F2N3O2S2/c20-12-6-11(9-22)7-13(8-12)28(25,26)19-17(15-10-23-5-3-16(15)21)14-2-1-4-24-18(14)27-19/h1-8,10H. The molecular weight excluding hydrogens is 404 g/mol. The normalized spacial score (nSPS) is 11.5. The molecule has 9 heteroatoms. The Morgan fingerprint density at radius 3 is 2.68 bits per heavy atom. The average molecular weight is 413 g/mol. The van der Waals surface area contributed by atoms with E-state index < -0.39 is 21.5 Å². The molecule has 0 unspecified atom stereocenters. The van der Waals surface area contributed by atoms with Gasteiger partial charge in [0.2, 0.25) is 9.84 Å². The van der Waals surface area contributed by atoms with Gasteiger partial charge in [0, 0.05) is 35.1 Å². The molecule has 0 bridgehead atoms. The van der Waals surface area contributed by atoms with E-state index in [1.807, 2.05) is 0 Å². The van der Waals surface area contributed by atoms with Gasteiger partial charge in [0.05, 0.1) is 16.5 Å². The summed E-state index contributed by atoms with van der Waals surface area (Å²) in [5.41, 5.74) is -0.0226. The number of hydrogen-bond donors (Lipinski definition) is 0. The zero-order valence-electron chi connectivity index (χ0n) is 13.9. The molecule has 0 aliphatic heterocycles. The Hall–Kier alpha value is -3.22. The van der Waals surface area contributed by atoms with Crippen LogP contribution in [0, 0.1) is 23.0 Å². The molecule has 138 valence electrons. The molecule has 1 aromatic carbocycles. The van der Waals surface area contributed by atoms with Crippen LogP contribution in [0.5, 0.6) is 0 Å². The van der Waals surface area contributed by atoms with Gasteiger partial charge in [-0.2, -0.15) is 5.26 Å². The van der Waals surface area contributed by atoms with Crippen molar-refractivity contribution in [2.75, 3.05) is 0 Å². The number of nitrogens with zero attached hydrogens (tertiary/aromatic N) is 3. The minimum absolute atomic E-state index is 0.00256. The first-order valence-electron chi connectivity index (χ1n) is 7.85. The van der Waals surface area contributed by atoms with Crippen molar-refractivity contribution < 1.29 is 17.2 Å². The van der Waals surface area contributed by atoms with Gasteiger partial charge in [0.1, 0.15) is 20.7 Å². The van der Waals surface area contributed by atoms with Gasteiger partial charge in [-0.15, -0.1) is 11.3 Å². The van der Waals surface area contributed by atoms with Crippen LogP contribution in [0.1, 0.15) is 5.56 Å². The van der Waals surface area contributed by atoms with E-state index in [2.05, 4.69) is 9.97 Å². The third kappa shape index (κ3) is 2.93. The lowest BCUT2D eigenvalue weighted by molar-refractivity contribution is 0.592. The maximum absolute atomic E-state index is 14.5. The second kappa shape index (κ2) is 6.74. The topological polar surface area (TPSA) is 83.7 Å². The van der Waals surface area contributed by atoms with Gasteiger partial charge in [0.25, 0.3) is 0 Å². The minimum Gasteiger partial charge on any atom is -0.264 e. The lowest BCUT2D eigenvalue weighted by Gasteiger charge is -2.08. The van der Waals surface area contributed by atoms with E-state index in [4.69, 9.17) is 5.26 Å². The summed E-state index contributed by atoms with van der Waals surface area (Å²) in [7, 11) is -4.26. The van der Waals surface area contributed by atoms with E-state index in [0.29, 0.717) is 10.2 Å². The van der Waals surface area contributed by atoms with E-state index in [0.717, 1.165) is 35.6 Å². The van der Waals surface area contributed by atoms with Gasteiger partial charge in [-0.25, -0.2) is 22.2 Å². The van der Waals surface area contributed by atoms with Crippen LogP contribution in [0.25, 0.3) is 21.3 Å². The monoisotopic (exact) mass is 413 g/mol. The van der Waals surface area contributed by atoms with Gasteiger partial charge in [-0.3, -0.25) is 4.98 Å².